The number of carbonyl (C=O) groups is 1. The van der Waals surface area contributed by atoms with E-state index in [4.69, 9.17) is 39.9 Å². The third-order valence-electron chi connectivity index (χ3n) is 3.54. The largest absolute Gasteiger partial charge is 0.481 e. The van der Waals surface area contributed by atoms with Gasteiger partial charge in [0, 0.05) is 16.5 Å². The first-order chi connectivity index (χ1) is 9.49. The lowest BCUT2D eigenvalue weighted by Gasteiger charge is -2.11. The van der Waals surface area contributed by atoms with Crippen LogP contribution in [-0.2, 0) is 4.79 Å². The molecule has 0 saturated carbocycles. The van der Waals surface area contributed by atoms with Crippen LogP contribution in [0.1, 0.15) is 23.5 Å². The van der Waals surface area contributed by atoms with Crippen molar-refractivity contribution < 1.29 is 9.90 Å². The number of fused-ring (bicyclic) bond motifs is 3. The Labute approximate surface area is 130 Å². The first kappa shape index (κ1) is 13.7. The van der Waals surface area contributed by atoms with Crippen LogP contribution in [0.25, 0.3) is 11.1 Å². The number of benzene rings is 2. The third kappa shape index (κ3) is 2.08. The van der Waals surface area contributed by atoms with E-state index < -0.39 is 5.97 Å². The zero-order valence-corrected chi connectivity index (χ0v) is 12.4. The fourth-order valence-electron chi connectivity index (χ4n) is 2.74. The number of carboxylic acid groups (broad SMARTS) is 1. The Morgan fingerprint density at radius 2 is 1.85 bits per heavy atom. The van der Waals surface area contributed by atoms with Gasteiger partial charge in [-0.05, 0) is 34.9 Å². The Balaban J connectivity index is 2.29. The molecule has 2 nitrogen and oxygen atoms in total. The monoisotopic (exact) mass is 326 g/mol. The second-order valence-corrected chi connectivity index (χ2v) is 5.93. The van der Waals surface area contributed by atoms with Crippen LogP contribution in [0.4, 0.5) is 0 Å². The molecule has 0 saturated heterocycles. The van der Waals surface area contributed by atoms with Gasteiger partial charge in [0.2, 0.25) is 0 Å². The normalized spacial score (nSPS) is 15.8. The lowest BCUT2D eigenvalue weighted by molar-refractivity contribution is -0.137. The molecule has 0 radical (unpaired) electrons. The second kappa shape index (κ2) is 4.96. The van der Waals surface area contributed by atoms with E-state index in [0.717, 1.165) is 22.3 Å². The first-order valence-corrected chi connectivity index (χ1v) is 7.12. The van der Waals surface area contributed by atoms with E-state index in [9.17, 15) is 4.79 Å². The van der Waals surface area contributed by atoms with Crippen molar-refractivity contribution in [1.29, 1.82) is 0 Å². The van der Waals surface area contributed by atoms with Gasteiger partial charge < -0.3 is 5.11 Å². The van der Waals surface area contributed by atoms with E-state index >= 15 is 0 Å². The molecule has 0 amide bonds. The fraction of sp³-hybridized carbons (Fsp3) is 0.133. The number of aliphatic carboxylic acids is 1. The highest BCUT2D eigenvalue weighted by atomic mass is 35.5. The Kier molecular flexibility index (Phi) is 3.41. The van der Waals surface area contributed by atoms with E-state index in [2.05, 4.69) is 0 Å². The maximum atomic E-state index is 11.1. The maximum Gasteiger partial charge on any atom is 0.304 e. The van der Waals surface area contributed by atoms with Gasteiger partial charge in [0.05, 0.1) is 16.5 Å². The molecule has 102 valence electrons. The number of rotatable bonds is 2. The van der Waals surface area contributed by atoms with Gasteiger partial charge in [-0.2, -0.15) is 0 Å². The lowest BCUT2D eigenvalue weighted by Crippen LogP contribution is -2.05. The summed E-state index contributed by atoms with van der Waals surface area (Å²) in [5.41, 5.74) is 3.50. The zero-order valence-electron chi connectivity index (χ0n) is 10.2. The van der Waals surface area contributed by atoms with Gasteiger partial charge in [-0.1, -0.05) is 46.9 Å². The predicted molar refractivity (Wildman–Crippen MR) is 81.0 cm³/mol. The molecular weight excluding hydrogens is 319 g/mol. The summed E-state index contributed by atoms with van der Waals surface area (Å²) < 4.78 is 0. The molecule has 0 heterocycles. The Hall–Kier alpha value is -1.22. The minimum absolute atomic E-state index is 0.00168. The van der Waals surface area contributed by atoms with Crippen LogP contribution in [0.5, 0.6) is 0 Å². The molecule has 2 aromatic carbocycles. The van der Waals surface area contributed by atoms with E-state index in [-0.39, 0.29) is 12.3 Å². The number of hydrogen-bond acceptors (Lipinski definition) is 1. The smallest absolute Gasteiger partial charge is 0.304 e. The van der Waals surface area contributed by atoms with Crippen LogP contribution in [0, 0.1) is 0 Å². The van der Waals surface area contributed by atoms with Gasteiger partial charge in [0.15, 0.2) is 0 Å². The maximum absolute atomic E-state index is 11.1. The molecular formula is C15H9Cl3O2. The van der Waals surface area contributed by atoms with Crippen LogP contribution < -0.4 is 0 Å². The SMILES string of the molecule is O=C(O)CC1c2cc(Cl)ccc2-c2c1ccc(Cl)c2Cl. The molecule has 20 heavy (non-hydrogen) atoms. The van der Waals surface area contributed by atoms with E-state index in [1.54, 1.807) is 18.2 Å². The molecule has 1 aliphatic rings. The topological polar surface area (TPSA) is 37.3 Å². The summed E-state index contributed by atoms with van der Waals surface area (Å²) in [6, 6.07) is 8.97. The highest BCUT2D eigenvalue weighted by molar-refractivity contribution is 6.44. The number of hydrogen-bond donors (Lipinski definition) is 1. The van der Waals surface area contributed by atoms with Crippen LogP contribution in [0.3, 0.4) is 0 Å². The van der Waals surface area contributed by atoms with Crippen molar-refractivity contribution in [2.75, 3.05) is 0 Å². The summed E-state index contributed by atoms with van der Waals surface area (Å²) in [6.07, 6.45) is -0.00168. The molecule has 1 N–H and O–H groups in total. The van der Waals surface area contributed by atoms with E-state index in [0.29, 0.717) is 15.1 Å². The average Bonchev–Trinajstić information content (AvgIpc) is 2.68. The van der Waals surface area contributed by atoms with Crippen molar-refractivity contribution in [1.82, 2.24) is 0 Å². The quantitative estimate of drug-likeness (QED) is 0.819. The van der Waals surface area contributed by atoms with Gasteiger partial charge in [-0.25, -0.2) is 0 Å². The lowest BCUT2D eigenvalue weighted by atomic mass is 9.94. The molecule has 5 heteroatoms. The van der Waals surface area contributed by atoms with Gasteiger partial charge in [-0.3, -0.25) is 4.79 Å². The van der Waals surface area contributed by atoms with E-state index in [1.165, 1.54) is 0 Å². The van der Waals surface area contributed by atoms with Gasteiger partial charge in [0.1, 0.15) is 0 Å². The van der Waals surface area contributed by atoms with Crippen molar-refractivity contribution >= 4 is 40.8 Å². The molecule has 0 aliphatic heterocycles. The summed E-state index contributed by atoms with van der Waals surface area (Å²) >= 11 is 18.4. The molecule has 0 aromatic heterocycles. The van der Waals surface area contributed by atoms with Crippen molar-refractivity contribution in [3.05, 3.63) is 56.5 Å². The molecule has 1 atom stereocenters. The van der Waals surface area contributed by atoms with Gasteiger partial charge in [-0.15, -0.1) is 0 Å². The van der Waals surface area contributed by atoms with Crippen molar-refractivity contribution in [3.63, 3.8) is 0 Å². The molecule has 1 unspecified atom stereocenters. The van der Waals surface area contributed by atoms with Gasteiger partial charge >= 0.3 is 5.97 Å². The minimum Gasteiger partial charge on any atom is -0.481 e. The molecule has 0 spiro atoms. The van der Waals surface area contributed by atoms with Crippen molar-refractivity contribution in [2.45, 2.75) is 12.3 Å². The van der Waals surface area contributed by atoms with Crippen LogP contribution >= 0.6 is 34.8 Å². The highest BCUT2D eigenvalue weighted by Gasteiger charge is 2.32. The molecule has 2 aromatic rings. The fourth-order valence-corrected chi connectivity index (χ4v) is 3.35. The summed E-state index contributed by atoms with van der Waals surface area (Å²) in [6.45, 7) is 0. The third-order valence-corrected chi connectivity index (χ3v) is 4.58. The summed E-state index contributed by atoms with van der Waals surface area (Å²) in [5.74, 6) is -1.11. The Bertz CT molecular complexity index is 725. The zero-order chi connectivity index (χ0) is 14.4. The summed E-state index contributed by atoms with van der Waals surface area (Å²) in [4.78, 5) is 11.1. The Morgan fingerprint density at radius 3 is 2.55 bits per heavy atom. The van der Waals surface area contributed by atoms with Crippen molar-refractivity contribution in [3.8, 4) is 11.1 Å². The molecule has 3 rings (SSSR count). The van der Waals surface area contributed by atoms with Gasteiger partial charge in [0.25, 0.3) is 0 Å². The predicted octanol–water partition coefficient (Wildman–Crippen LogP) is 5.23. The second-order valence-electron chi connectivity index (χ2n) is 4.71. The van der Waals surface area contributed by atoms with Crippen molar-refractivity contribution in [2.24, 2.45) is 0 Å². The van der Waals surface area contributed by atoms with Crippen LogP contribution in [-0.4, -0.2) is 11.1 Å². The molecule has 0 fully saturated rings. The Morgan fingerprint density at radius 1 is 1.10 bits per heavy atom. The number of carboxylic acids is 1. The number of halogens is 3. The average molecular weight is 328 g/mol. The molecule has 1 aliphatic carbocycles. The summed E-state index contributed by atoms with van der Waals surface area (Å²) in [7, 11) is 0. The first-order valence-electron chi connectivity index (χ1n) is 5.98. The minimum atomic E-state index is -0.861. The summed E-state index contributed by atoms with van der Waals surface area (Å²) in [5, 5.41) is 10.6. The van der Waals surface area contributed by atoms with Crippen LogP contribution in [0.2, 0.25) is 15.1 Å². The van der Waals surface area contributed by atoms with E-state index in [1.807, 2.05) is 12.1 Å². The molecule has 0 bridgehead atoms. The highest BCUT2D eigenvalue weighted by Crippen LogP contribution is 2.51. The standard InChI is InChI=1S/C15H9Cl3O2/c16-7-1-2-8-10(5-7)11(6-13(19)20)9-3-4-12(17)15(18)14(8)9/h1-5,11H,6H2,(H,19,20). The van der Waals surface area contributed by atoms with Crippen LogP contribution in [0.15, 0.2) is 30.3 Å².